The van der Waals surface area contributed by atoms with Gasteiger partial charge in [-0.25, -0.2) is 4.39 Å². The molecule has 17 heavy (non-hydrogen) atoms. The smallest absolute Gasteiger partial charge is 0.283 e. The van der Waals surface area contributed by atoms with Crippen LogP contribution in [-0.4, -0.2) is 15.5 Å². The van der Waals surface area contributed by atoms with Crippen molar-refractivity contribution in [1.82, 2.24) is 15.0 Å². The number of rotatable bonds is 3. The van der Waals surface area contributed by atoms with Crippen molar-refractivity contribution in [3.05, 3.63) is 40.7 Å². The third kappa shape index (κ3) is 2.76. The highest BCUT2D eigenvalue weighted by molar-refractivity contribution is 7.08. The normalized spacial score (nSPS) is 10.0. The first-order valence-electron chi connectivity index (χ1n) is 4.77. The SMILES string of the molecule is Cc1nnsc1C(=O)NNc1ccc(F)cc1. The summed E-state index contributed by atoms with van der Waals surface area (Å²) < 4.78 is 16.3. The van der Waals surface area contributed by atoms with Crippen molar-refractivity contribution < 1.29 is 9.18 Å². The Hall–Kier alpha value is -2.02. The minimum Gasteiger partial charge on any atom is -0.298 e. The molecule has 2 N–H and O–H groups in total. The molecule has 0 aliphatic heterocycles. The molecular formula is C10H9FN4OS. The summed E-state index contributed by atoms with van der Waals surface area (Å²) in [6, 6.07) is 5.64. The summed E-state index contributed by atoms with van der Waals surface area (Å²) in [6.45, 7) is 1.70. The number of hydrazine groups is 1. The van der Waals surface area contributed by atoms with Crippen LogP contribution in [0.5, 0.6) is 0 Å². The predicted molar refractivity (Wildman–Crippen MR) is 62.1 cm³/mol. The Bertz CT molecular complexity index is 525. The summed E-state index contributed by atoms with van der Waals surface area (Å²) >= 11 is 1.02. The number of halogens is 1. The number of amides is 1. The second-order valence-corrected chi connectivity index (χ2v) is 4.03. The largest absolute Gasteiger partial charge is 0.298 e. The van der Waals surface area contributed by atoms with Gasteiger partial charge in [0, 0.05) is 0 Å². The molecule has 0 aliphatic rings. The molecule has 1 heterocycles. The minimum atomic E-state index is -0.329. The van der Waals surface area contributed by atoms with Gasteiger partial charge in [0.2, 0.25) is 0 Å². The molecule has 5 nitrogen and oxygen atoms in total. The lowest BCUT2D eigenvalue weighted by atomic mass is 10.3. The van der Waals surface area contributed by atoms with Gasteiger partial charge in [0.1, 0.15) is 10.7 Å². The quantitative estimate of drug-likeness (QED) is 0.817. The molecule has 1 aromatic carbocycles. The summed E-state index contributed by atoms with van der Waals surface area (Å²) in [5.41, 5.74) is 6.32. The minimum absolute atomic E-state index is 0.318. The number of aryl methyl sites for hydroxylation is 1. The maximum Gasteiger partial charge on any atom is 0.283 e. The summed E-state index contributed by atoms with van der Waals surface area (Å²) in [5.74, 6) is -0.647. The van der Waals surface area contributed by atoms with E-state index >= 15 is 0 Å². The molecule has 0 saturated carbocycles. The van der Waals surface area contributed by atoms with Crippen LogP contribution in [0, 0.1) is 12.7 Å². The highest BCUT2D eigenvalue weighted by Crippen LogP contribution is 2.10. The molecule has 0 aliphatic carbocycles. The maximum absolute atomic E-state index is 12.6. The summed E-state index contributed by atoms with van der Waals surface area (Å²) in [5, 5.41) is 3.73. The van der Waals surface area contributed by atoms with Crippen LogP contribution < -0.4 is 10.9 Å². The zero-order valence-corrected chi connectivity index (χ0v) is 9.71. The van der Waals surface area contributed by atoms with E-state index in [1.54, 1.807) is 6.92 Å². The number of carbonyl (C=O) groups excluding carboxylic acids is 1. The number of nitrogens with zero attached hydrogens (tertiary/aromatic N) is 2. The Balaban J connectivity index is 1.97. The summed E-state index contributed by atoms with van der Waals surface area (Å²) in [7, 11) is 0. The first-order chi connectivity index (χ1) is 8.16. The fourth-order valence-corrected chi connectivity index (χ4v) is 1.71. The standard InChI is InChI=1S/C10H9FN4OS/c1-6-9(17-15-12-6)10(16)14-13-8-4-2-7(11)3-5-8/h2-5,13H,1H3,(H,14,16). The molecule has 1 aromatic heterocycles. The molecular weight excluding hydrogens is 243 g/mol. The van der Waals surface area contributed by atoms with Crippen LogP contribution in [0.25, 0.3) is 0 Å². The number of carbonyl (C=O) groups is 1. The first-order valence-corrected chi connectivity index (χ1v) is 5.55. The topological polar surface area (TPSA) is 66.9 Å². The van der Waals surface area contributed by atoms with Gasteiger partial charge in [0.05, 0.1) is 11.4 Å². The zero-order chi connectivity index (χ0) is 12.3. The molecule has 7 heteroatoms. The van der Waals surface area contributed by atoms with Crippen molar-refractivity contribution in [3.8, 4) is 0 Å². The van der Waals surface area contributed by atoms with Crippen LogP contribution in [0.4, 0.5) is 10.1 Å². The van der Waals surface area contributed by atoms with E-state index in [0.717, 1.165) is 11.5 Å². The Morgan fingerprint density at radius 3 is 2.65 bits per heavy atom. The molecule has 0 unspecified atom stereocenters. The van der Waals surface area contributed by atoms with Crippen LogP contribution in [0.1, 0.15) is 15.4 Å². The number of anilines is 1. The summed E-state index contributed by atoms with van der Waals surface area (Å²) in [6.07, 6.45) is 0. The van der Waals surface area contributed by atoms with Gasteiger partial charge < -0.3 is 0 Å². The van der Waals surface area contributed by atoms with E-state index in [9.17, 15) is 9.18 Å². The molecule has 0 atom stereocenters. The third-order valence-corrected chi connectivity index (χ3v) is 2.85. The van der Waals surface area contributed by atoms with Gasteiger partial charge in [-0.15, -0.1) is 5.10 Å². The number of nitrogens with one attached hydrogen (secondary N) is 2. The van der Waals surface area contributed by atoms with Gasteiger partial charge in [-0.3, -0.25) is 15.6 Å². The Labute approximate surface area is 101 Å². The van der Waals surface area contributed by atoms with Gasteiger partial charge in [0.25, 0.3) is 5.91 Å². The molecule has 0 radical (unpaired) electrons. The predicted octanol–water partition coefficient (Wildman–Crippen LogP) is 1.74. The van der Waals surface area contributed by atoms with Gasteiger partial charge in [-0.05, 0) is 42.7 Å². The van der Waals surface area contributed by atoms with Crippen LogP contribution in [-0.2, 0) is 0 Å². The van der Waals surface area contributed by atoms with E-state index in [4.69, 9.17) is 0 Å². The molecule has 2 rings (SSSR count). The Morgan fingerprint density at radius 2 is 2.06 bits per heavy atom. The lowest BCUT2D eigenvalue weighted by Crippen LogP contribution is -2.29. The van der Waals surface area contributed by atoms with E-state index < -0.39 is 0 Å². The third-order valence-electron chi connectivity index (χ3n) is 2.02. The van der Waals surface area contributed by atoms with Crippen LogP contribution >= 0.6 is 11.5 Å². The van der Waals surface area contributed by atoms with Gasteiger partial charge in [-0.1, -0.05) is 4.49 Å². The molecule has 0 saturated heterocycles. The number of aromatic nitrogens is 2. The highest BCUT2D eigenvalue weighted by Gasteiger charge is 2.12. The Kier molecular flexibility index (Phi) is 3.29. The molecule has 88 valence electrons. The van der Waals surface area contributed by atoms with Crippen molar-refractivity contribution in [2.45, 2.75) is 6.92 Å². The molecule has 2 aromatic rings. The fraction of sp³-hybridized carbons (Fsp3) is 0.100. The molecule has 0 fully saturated rings. The van der Waals surface area contributed by atoms with Gasteiger partial charge >= 0.3 is 0 Å². The van der Waals surface area contributed by atoms with E-state index in [1.165, 1.54) is 24.3 Å². The molecule has 0 spiro atoms. The first kappa shape index (κ1) is 11.5. The monoisotopic (exact) mass is 252 g/mol. The summed E-state index contributed by atoms with van der Waals surface area (Å²) in [4.78, 5) is 12.1. The fourth-order valence-electron chi connectivity index (χ4n) is 1.16. The van der Waals surface area contributed by atoms with Crippen LogP contribution in [0.2, 0.25) is 0 Å². The van der Waals surface area contributed by atoms with Crippen LogP contribution in [0.3, 0.4) is 0 Å². The number of hydrogen-bond acceptors (Lipinski definition) is 5. The Morgan fingerprint density at radius 1 is 1.35 bits per heavy atom. The van der Waals surface area contributed by atoms with Gasteiger partial charge in [0.15, 0.2) is 0 Å². The van der Waals surface area contributed by atoms with E-state index in [2.05, 4.69) is 20.4 Å². The van der Waals surface area contributed by atoms with Crippen molar-refractivity contribution >= 4 is 23.1 Å². The van der Waals surface area contributed by atoms with Crippen molar-refractivity contribution in [1.29, 1.82) is 0 Å². The second kappa shape index (κ2) is 4.88. The zero-order valence-electron chi connectivity index (χ0n) is 8.90. The van der Waals surface area contributed by atoms with Crippen molar-refractivity contribution in [3.63, 3.8) is 0 Å². The van der Waals surface area contributed by atoms with E-state index in [-0.39, 0.29) is 11.7 Å². The maximum atomic E-state index is 12.6. The van der Waals surface area contributed by atoms with E-state index in [1.807, 2.05) is 0 Å². The lowest BCUT2D eigenvalue weighted by Gasteiger charge is -2.06. The average molecular weight is 252 g/mol. The molecule has 0 bridgehead atoms. The highest BCUT2D eigenvalue weighted by atomic mass is 32.1. The van der Waals surface area contributed by atoms with Crippen molar-refractivity contribution in [2.24, 2.45) is 0 Å². The average Bonchev–Trinajstić information content (AvgIpc) is 2.74. The van der Waals surface area contributed by atoms with E-state index in [0.29, 0.717) is 16.3 Å². The second-order valence-electron chi connectivity index (χ2n) is 3.27. The number of hydrogen-bond donors (Lipinski definition) is 2. The number of benzene rings is 1. The lowest BCUT2D eigenvalue weighted by molar-refractivity contribution is 0.0966. The molecule has 1 amide bonds. The van der Waals surface area contributed by atoms with Gasteiger partial charge in [-0.2, -0.15) is 0 Å². The van der Waals surface area contributed by atoms with Crippen LogP contribution in [0.15, 0.2) is 24.3 Å². The van der Waals surface area contributed by atoms with Crippen molar-refractivity contribution in [2.75, 3.05) is 5.43 Å².